The molecule has 0 saturated carbocycles. The van der Waals surface area contributed by atoms with Crippen molar-refractivity contribution in [1.29, 1.82) is 0 Å². The van der Waals surface area contributed by atoms with Crippen LogP contribution in [0.1, 0.15) is 0 Å². The van der Waals surface area contributed by atoms with Gasteiger partial charge >= 0.3 is 6.07 Å². The van der Waals surface area contributed by atoms with Crippen molar-refractivity contribution in [3.8, 4) is 0 Å². The fraction of sp³-hybridized carbons (Fsp3) is 0. The molecule has 0 aromatic rings. The summed E-state index contributed by atoms with van der Waals surface area (Å²) in [6.45, 7) is 0. The van der Waals surface area contributed by atoms with E-state index in [9.17, 15) is 4.57 Å². The zero-order valence-electron chi connectivity index (χ0n) is 2.47. The third kappa shape index (κ3) is 4.73. The molecule has 0 aliphatic carbocycles. The first-order valence-electron chi connectivity index (χ1n) is 0.886. The van der Waals surface area contributed by atoms with Crippen molar-refractivity contribution in [2.24, 2.45) is 0 Å². The van der Waals surface area contributed by atoms with Crippen molar-refractivity contribution in [3.63, 3.8) is 0 Å². The third-order valence-corrected chi connectivity index (χ3v) is 0.655. The molecule has 6 heavy (non-hydrogen) atoms. The van der Waals surface area contributed by atoms with Crippen LogP contribution in [0.3, 0.4) is 0 Å². The van der Waals surface area contributed by atoms with Crippen LogP contribution in [-0.2, 0) is 9.24 Å². The summed E-state index contributed by atoms with van der Waals surface area (Å²) in [5.74, 6) is 0. The van der Waals surface area contributed by atoms with Gasteiger partial charge in [-0.15, -0.1) is 4.67 Å². The minimum atomic E-state index is -3.65. The zero-order chi connectivity index (χ0) is 5.21. The topological polar surface area (TPSA) is 46.5 Å². The van der Waals surface area contributed by atoms with Crippen LogP contribution in [0.15, 0.2) is 0 Å². The summed E-state index contributed by atoms with van der Waals surface area (Å²) in [4.78, 5) is 0. The first kappa shape index (κ1) is 6.73. The molecule has 0 aliphatic heterocycles. The summed E-state index contributed by atoms with van der Waals surface area (Å²) in [6, 6.07) is 0. The van der Waals surface area contributed by atoms with E-state index in [1.165, 1.54) is 0 Å². The van der Waals surface area contributed by atoms with E-state index >= 15 is 0 Å². The van der Waals surface area contributed by atoms with Crippen molar-refractivity contribution in [3.05, 3.63) is 0 Å². The number of rotatable bonds is 1. The van der Waals surface area contributed by atoms with Gasteiger partial charge in [-0.1, -0.05) is 0 Å². The average molecular weight is 151 g/mol. The lowest BCUT2D eigenvalue weighted by Gasteiger charge is -1.87. The van der Waals surface area contributed by atoms with Gasteiger partial charge < -0.3 is 0 Å². The Morgan fingerprint density at radius 3 is 1.83 bits per heavy atom. The van der Waals surface area contributed by atoms with Crippen molar-refractivity contribution in [1.82, 2.24) is 0 Å². The fourth-order valence-electron chi connectivity index (χ4n) is 0. The van der Waals surface area contributed by atoms with Gasteiger partial charge in [0.25, 0.3) is 0 Å². The molecular weight excluding hydrogens is 150 g/mol. The Kier molecular flexibility index (Phi) is 2.41. The molecule has 0 unspecified atom stereocenters. The molecule has 3 nitrogen and oxygen atoms in total. The Morgan fingerprint density at radius 2 is 1.83 bits per heavy atom. The van der Waals surface area contributed by atoms with E-state index in [1.807, 2.05) is 0 Å². The van der Waals surface area contributed by atoms with E-state index in [2.05, 4.69) is 27.2 Å². The van der Waals surface area contributed by atoms with Gasteiger partial charge in [0.1, 0.15) is 0 Å². The lowest BCUT2D eigenvalue weighted by molar-refractivity contribution is -0.129. The molecule has 0 aromatic carbocycles. The van der Waals surface area contributed by atoms with Crippen LogP contribution in [0.2, 0.25) is 0 Å². The zero-order valence-corrected chi connectivity index (χ0v) is 4.87. The van der Waals surface area contributed by atoms with Crippen molar-refractivity contribution >= 4 is 28.6 Å². The quantitative estimate of drug-likeness (QED) is 0.354. The first-order chi connectivity index (χ1) is 2.56. The van der Waals surface area contributed by atoms with Gasteiger partial charge in [-0.05, 0) is 22.5 Å². The predicted octanol–water partition coefficient (Wildman–Crippen LogP) is 2.06. The molecule has 0 atom stereocenters. The van der Waals surface area contributed by atoms with Crippen LogP contribution in [0, 0.1) is 0 Å². The molecule has 0 bridgehead atoms. The van der Waals surface area contributed by atoms with Gasteiger partial charge in [0.2, 0.25) is 0 Å². The van der Waals surface area contributed by atoms with Crippen LogP contribution in [-0.4, -0.2) is 5.26 Å². The Bertz CT molecular complexity index is 72.9. The first-order valence-corrected chi connectivity index (χ1v) is 4.32. The molecule has 1 N–H and O–H groups in total. The molecular formula is HCl2O3P. The fourth-order valence-corrected chi connectivity index (χ4v) is 0. The maximum atomic E-state index is 9.64. The van der Waals surface area contributed by atoms with Crippen molar-refractivity contribution in [2.45, 2.75) is 0 Å². The van der Waals surface area contributed by atoms with Crippen LogP contribution in [0.4, 0.5) is 0 Å². The minimum Gasteiger partial charge on any atom is -0.254 e. The number of halogens is 2. The molecule has 0 spiro atoms. The molecule has 0 aromatic heterocycles. The van der Waals surface area contributed by atoms with Crippen molar-refractivity contribution < 1.29 is 14.5 Å². The van der Waals surface area contributed by atoms with E-state index in [4.69, 9.17) is 5.26 Å². The van der Waals surface area contributed by atoms with Crippen molar-refractivity contribution in [2.75, 3.05) is 0 Å². The molecule has 0 rings (SSSR count). The molecule has 0 aliphatic rings. The lowest BCUT2D eigenvalue weighted by atomic mass is 15.0. The normalized spacial score (nSPS) is 11.8. The Balaban J connectivity index is 3.48. The second-order valence-corrected chi connectivity index (χ2v) is 4.68. The molecule has 0 fully saturated rings. The Morgan fingerprint density at radius 1 is 1.67 bits per heavy atom. The summed E-state index contributed by atoms with van der Waals surface area (Å²) in [6.07, 6.45) is -3.65. The highest BCUT2D eigenvalue weighted by atomic mass is 35.9. The smallest absolute Gasteiger partial charge is 0.254 e. The van der Waals surface area contributed by atoms with Gasteiger partial charge in [0, 0.05) is 0 Å². The molecule has 0 radical (unpaired) electrons. The highest BCUT2D eigenvalue weighted by Crippen LogP contribution is 2.56. The Hall–Kier alpha value is 0.730. The van der Waals surface area contributed by atoms with Gasteiger partial charge in [0.05, 0.1) is 0 Å². The number of hydrogen-bond acceptors (Lipinski definition) is 3. The van der Waals surface area contributed by atoms with E-state index in [1.54, 1.807) is 0 Å². The van der Waals surface area contributed by atoms with Gasteiger partial charge in [-0.3, -0.25) is 4.57 Å². The molecule has 0 amide bonds. The highest BCUT2D eigenvalue weighted by Gasteiger charge is 2.11. The van der Waals surface area contributed by atoms with Gasteiger partial charge in [-0.2, -0.15) is 0 Å². The van der Waals surface area contributed by atoms with Gasteiger partial charge in [-0.25, -0.2) is 5.26 Å². The lowest BCUT2D eigenvalue weighted by Crippen LogP contribution is -1.61. The van der Waals surface area contributed by atoms with E-state index in [-0.39, 0.29) is 0 Å². The average Bonchev–Trinajstić information content (AvgIpc) is 1.35. The highest BCUT2D eigenvalue weighted by molar-refractivity contribution is 8.05. The predicted molar refractivity (Wildman–Crippen MR) is 23.0 cm³/mol. The maximum absolute atomic E-state index is 9.64. The SMILES string of the molecule is O=P(Cl)(Cl)OO. The second-order valence-electron chi connectivity index (χ2n) is 0.496. The molecule has 6 heteroatoms. The number of hydrogen-bond donors (Lipinski definition) is 1. The van der Waals surface area contributed by atoms with E-state index in [0.29, 0.717) is 0 Å². The van der Waals surface area contributed by atoms with E-state index in [0.717, 1.165) is 0 Å². The monoisotopic (exact) mass is 150 g/mol. The molecule has 38 valence electrons. The summed E-state index contributed by atoms with van der Waals surface area (Å²) < 4.78 is 12.7. The summed E-state index contributed by atoms with van der Waals surface area (Å²) >= 11 is 9.13. The Labute approximate surface area is 43.8 Å². The molecule has 0 heterocycles. The van der Waals surface area contributed by atoms with Crippen LogP contribution in [0.5, 0.6) is 0 Å². The van der Waals surface area contributed by atoms with Crippen LogP contribution in [0.25, 0.3) is 0 Å². The summed E-state index contributed by atoms with van der Waals surface area (Å²) in [5, 5.41) is 7.38. The largest absolute Gasteiger partial charge is 0.406 e. The van der Waals surface area contributed by atoms with E-state index < -0.39 is 6.07 Å². The van der Waals surface area contributed by atoms with Crippen LogP contribution < -0.4 is 0 Å². The molecule has 0 saturated heterocycles. The summed E-state index contributed by atoms with van der Waals surface area (Å²) in [5.41, 5.74) is 0. The third-order valence-electron chi connectivity index (χ3n) is 0.0951. The van der Waals surface area contributed by atoms with Crippen LogP contribution >= 0.6 is 28.6 Å². The summed E-state index contributed by atoms with van der Waals surface area (Å²) in [7, 11) is 0. The minimum absolute atomic E-state index is 3.02. The standard InChI is InChI=1S/Cl2HO3P/c1-6(2,4)5-3/h3H. The van der Waals surface area contributed by atoms with Gasteiger partial charge in [0.15, 0.2) is 0 Å². The second kappa shape index (κ2) is 2.15. The maximum Gasteiger partial charge on any atom is 0.406 e.